The third-order valence-electron chi connectivity index (χ3n) is 4.34. The van der Waals surface area contributed by atoms with Crippen LogP contribution >= 0.6 is 11.3 Å². The number of hydrogen-bond donors (Lipinski definition) is 1. The van der Waals surface area contributed by atoms with E-state index in [0.29, 0.717) is 47.3 Å². The molecule has 3 rings (SSSR count). The van der Waals surface area contributed by atoms with E-state index in [1.165, 1.54) is 18.3 Å². The van der Waals surface area contributed by atoms with Gasteiger partial charge in [0, 0.05) is 32.1 Å². The van der Waals surface area contributed by atoms with Gasteiger partial charge in [-0.05, 0) is 31.0 Å². The van der Waals surface area contributed by atoms with Crippen LogP contribution in [-0.2, 0) is 6.42 Å². The molecule has 1 aromatic heterocycles. The van der Waals surface area contributed by atoms with Gasteiger partial charge >= 0.3 is 6.03 Å². The number of urea groups is 1. The number of ketones is 1. The summed E-state index contributed by atoms with van der Waals surface area (Å²) < 4.78 is 0. The van der Waals surface area contributed by atoms with Crippen LogP contribution in [0.2, 0.25) is 0 Å². The first kappa shape index (κ1) is 18.1. The molecule has 0 spiro atoms. The van der Waals surface area contributed by atoms with E-state index in [0.717, 1.165) is 5.56 Å². The Hall–Kier alpha value is -2.74. The highest BCUT2D eigenvalue weighted by atomic mass is 32.1. The number of nitrogens with two attached hydrogens (primary N) is 1. The van der Waals surface area contributed by atoms with E-state index >= 15 is 0 Å². The highest BCUT2D eigenvalue weighted by Crippen LogP contribution is 2.29. The van der Waals surface area contributed by atoms with Crippen molar-refractivity contribution in [3.05, 3.63) is 46.0 Å². The van der Waals surface area contributed by atoms with Gasteiger partial charge in [0.15, 0.2) is 10.9 Å². The van der Waals surface area contributed by atoms with Crippen LogP contribution in [0.15, 0.2) is 24.3 Å². The average molecular weight is 372 g/mol. The topological polar surface area (TPSA) is 96.6 Å². The molecule has 1 aromatic carbocycles. The third-order valence-corrected chi connectivity index (χ3v) is 5.62. The normalized spacial score (nSPS) is 14.2. The minimum Gasteiger partial charge on any atom is -0.366 e. The number of aromatic nitrogens is 1. The maximum Gasteiger partial charge on any atom is 0.326 e. The SMILES string of the molecule is CC(=O)c1sc(N2CCN(CCc3ccc(C(N)=O)cc3)C2=O)nc1C. The van der Waals surface area contributed by atoms with Crippen molar-refractivity contribution in [2.24, 2.45) is 5.73 Å². The lowest BCUT2D eigenvalue weighted by atomic mass is 10.1. The fraction of sp³-hybridized carbons (Fsp3) is 0.333. The Morgan fingerprint density at radius 1 is 1.23 bits per heavy atom. The van der Waals surface area contributed by atoms with Crippen molar-refractivity contribution in [3.63, 3.8) is 0 Å². The molecule has 0 unspecified atom stereocenters. The number of carbonyl (C=O) groups is 3. The number of aryl methyl sites for hydroxylation is 1. The van der Waals surface area contributed by atoms with Crippen LogP contribution in [0.4, 0.5) is 9.93 Å². The monoisotopic (exact) mass is 372 g/mol. The van der Waals surface area contributed by atoms with Gasteiger partial charge < -0.3 is 10.6 Å². The van der Waals surface area contributed by atoms with Crippen molar-refractivity contribution in [2.75, 3.05) is 24.5 Å². The van der Waals surface area contributed by atoms with E-state index in [4.69, 9.17) is 5.73 Å². The highest BCUT2D eigenvalue weighted by molar-refractivity contribution is 7.17. The standard InChI is InChI=1S/C18H20N4O3S/c1-11-15(12(2)23)26-17(20-11)22-10-9-21(18(22)25)8-7-13-3-5-14(6-4-13)16(19)24/h3-6H,7-10H2,1-2H3,(H2,19,24). The molecule has 26 heavy (non-hydrogen) atoms. The predicted octanol–water partition coefficient (Wildman–Crippen LogP) is 2.24. The zero-order valence-electron chi connectivity index (χ0n) is 14.7. The van der Waals surface area contributed by atoms with Crippen molar-refractivity contribution in [1.82, 2.24) is 9.88 Å². The van der Waals surface area contributed by atoms with E-state index in [1.807, 2.05) is 12.1 Å². The Kier molecular flexibility index (Phi) is 5.03. The first-order valence-corrected chi connectivity index (χ1v) is 9.12. The number of hydrogen-bond acceptors (Lipinski definition) is 5. The van der Waals surface area contributed by atoms with Crippen molar-refractivity contribution in [2.45, 2.75) is 20.3 Å². The predicted molar refractivity (Wildman–Crippen MR) is 99.8 cm³/mol. The van der Waals surface area contributed by atoms with Gasteiger partial charge in [-0.25, -0.2) is 9.78 Å². The van der Waals surface area contributed by atoms with E-state index in [2.05, 4.69) is 4.98 Å². The molecule has 1 aliphatic heterocycles. The number of carbonyl (C=O) groups excluding carboxylic acids is 3. The first-order valence-electron chi connectivity index (χ1n) is 8.30. The van der Waals surface area contributed by atoms with Crippen LogP contribution in [0.1, 0.15) is 38.2 Å². The van der Waals surface area contributed by atoms with Crippen LogP contribution in [0.25, 0.3) is 0 Å². The average Bonchev–Trinajstić information content (AvgIpc) is 3.16. The maximum absolute atomic E-state index is 12.6. The summed E-state index contributed by atoms with van der Waals surface area (Å²) in [6.45, 7) is 5.04. The number of thiazole rings is 1. The molecule has 0 atom stereocenters. The van der Waals surface area contributed by atoms with Crippen LogP contribution in [-0.4, -0.2) is 47.2 Å². The smallest absolute Gasteiger partial charge is 0.326 e. The first-order chi connectivity index (χ1) is 12.4. The van der Waals surface area contributed by atoms with Crippen molar-refractivity contribution in [1.29, 1.82) is 0 Å². The lowest BCUT2D eigenvalue weighted by molar-refractivity contribution is 0.0996. The molecular formula is C18H20N4O3S. The summed E-state index contributed by atoms with van der Waals surface area (Å²) in [5, 5.41) is 0.575. The number of primary amides is 1. The number of benzene rings is 1. The van der Waals surface area contributed by atoms with Crippen LogP contribution < -0.4 is 10.6 Å². The van der Waals surface area contributed by atoms with Crippen molar-refractivity contribution < 1.29 is 14.4 Å². The summed E-state index contributed by atoms with van der Waals surface area (Å²) in [5.74, 6) is -0.486. The molecule has 3 amide bonds. The second-order valence-electron chi connectivity index (χ2n) is 6.20. The van der Waals surface area contributed by atoms with E-state index in [-0.39, 0.29) is 11.8 Å². The molecule has 8 heteroatoms. The summed E-state index contributed by atoms with van der Waals surface area (Å²) in [5.41, 5.74) is 7.40. The lowest BCUT2D eigenvalue weighted by Crippen LogP contribution is -2.33. The number of anilines is 1. The van der Waals surface area contributed by atoms with E-state index in [9.17, 15) is 14.4 Å². The lowest BCUT2D eigenvalue weighted by Gasteiger charge is -2.16. The summed E-state index contributed by atoms with van der Waals surface area (Å²) in [6, 6.07) is 6.99. The van der Waals surface area contributed by atoms with Gasteiger partial charge in [-0.1, -0.05) is 23.5 Å². The van der Waals surface area contributed by atoms with Gasteiger partial charge in [0.05, 0.1) is 10.6 Å². The van der Waals surface area contributed by atoms with Crippen molar-refractivity contribution in [3.8, 4) is 0 Å². The highest BCUT2D eigenvalue weighted by Gasteiger charge is 2.31. The second kappa shape index (κ2) is 7.25. The van der Waals surface area contributed by atoms with Gasteiger partial charge in [0.1, 0.15) is 0 Å². The minimum absolute atomic E-state index is 0.0332. The molecule has 2 aromatic rings. The minimum atomic E-state index is -0.453. The quantitative estimate of drug-likeness (QED) is 0.787. The summed E-state index contributed by atoms with van der Waals surface area (Å²) in [6.07, 6.45) is 0.689. The Labute approximate surface area is 155 Å². The number of Topliss-reactive ketones (excluding diaryl/α,β-unsaturated/α-hetero) is 1. The van der Waals surface area contributed by atoms with E-state index in [1.54, 1.807) is 28.9 Å². The molecule has 2 N–H and O–H groups in total. The number of rotatable bonds is 6. The van der Waals surface area contributed by atoms with Gasteiger partial charge in [-0.2, -0.15) is 0 Å². The Morgan fingerprint density at radius 3 is 2.50 bits per heavy atom. The van der Waals surface area contributed by atoms with Crippen LogP contribution in [0.3, 0.4) is 0 Å². The molecule has 1 saturated heterocycles. The molecular weight excluding hydrogens is 352 g/mol. The molecule has 2 heterocycles. The zero-order chi connectivity index (χ0) is 18.8. The van der Waals surface area contributed by atoms with Crippen molar-refractivity contribution >= 4 is 34.2 Å². The molecule has 0 bridgehead atoms. The van der Waals surface area contributed by atoms with Crippen LogP contribution in [0, 0.1) is 6.92 Å². The molecule has 7 nitrogen and oxygen atoms in total. The second-order valence-corrected chi connectivity index (χ2v) is 7.18. The zero-order valence-corrected chi connectivity index (χ0v) is 15.5. The fourth-order valence-electron chi connectivity index (χ4n) is 2.89. The van der Waals surface area contributed by atoms with Gasteiger partial charge in [-0.15, -0.1) is 0 Å². The number of nitrogens with zero attached hydrogens (tertiary/aromatic N) is 3. The van der Waals surface area contributed by atoms with Gasteiger partial charge in [0.2, 0.25) is 5.91 Å². The summed E-state index contributed by atoms with van der Waals surface area (Å²) in [4.78, 5) is 43.7. The third kappa shape index (κ3) is 3.60. The molecule has 0 radical (unpaired) electrons. The van der Waals surface area contributed by atoms with Gasteiger partial charge in [-0.3, -0.25) is 14.5 Å². The molecule has 136 valence electrons. The molecule has 0 aliphatic carbocycles. The summed E-state index contributed by atoms with van der Waals surface area (Å²) >= 11 is 1.26. The maximum atomic E-state index is 12.6. The van der Waals surface area contributed by atoms with Gasteiger partial charge in [0.25, 0.3) is 0 Å². The Bertz CT molecular complexity index is 860. The Balaban J connectivity index is 1.63. The molecule has 0 saturated carbocycles. The fourth-order valence-corrected chi connectivity index (χ4v) is 3.87. The van der Waals surface area contributed by atoms with Crippen LogP contribution in [0.5, 0.6) is 0 Å². The summed E-state index contributed by atoms with van der Waals surface area (Å²) in [7, 11) is 0. The number of amides is 3. The van der Waals surface area contributed by atoms with E-state index < -0.39 is 5.91 Å². The molecule has 1 fully saturated rings. The Morgan fingerprint density at radius 2 is 1.92 bits per heavy atom. The largest absolute Gasteiger partial charge is 0.366 e. The molecule has 1 aliphatic rings.